The van der Waals surface area contributed by atoms with Crippen LogP contribution >= 0.6 is 27.5 Å². The summed E-state index contributed by atoms with van der Waals surface area (Å²) in [4.78, 5) is 14.2. The highest BCUT2D eigenvalue weighted by molar-refractivity contribution is 9.10. The molecule has 3 aromatic rings. The summed E-state index contributed by atoms with van der Waals surface area (Å²) in [6.07, 6.45) is -12.2. The minimum absolute atomic E-state index is 0.0153. The molecular formula is C28H23BrClF6NO2. The number of hydrogen-bond donors (Lipinski definition) is 0. The Kier molecular flexibility index (Phi) is 8.02. The van der Waals surface area contributed by atoms with E-state index in [1.165, 1.54) is 11.8 Å². The standard InChI is InChI=1S/C28H23BrClF6NO2/c1-14(2)16-4-7-24(30)23(11-16)22-6-5-21(29)10-18(22)13-37-15(3)25(39-26(37)38)17-8-19(27(31,32)33)12-20(9-17)28(34,35)36/h4-12,14-15,25H,13H2,1-3H3/t15-,25+/m1/s1. The van der Waals surface area contributed by atoms with Crippen molar-refractivity contribution in [2.45, 2.75) is 57.7 Å². The van der Waals surface area contributed by atoms with Gasteiger partial charge in [-0.15, -0.1) is 0 Å². The molecule has 1 fully saturated rings. The number of rotatable bonds is 5. The van der Waals surface area contributed by atoms with E-state index >= 15 is 0 Å². The van der Waals surface area contributed by atoms with Gasteiger partial charge in [0.05, 0.1) is 23.7 Å². The van der Waals surface area contributed by atoms with Crippen molar-refractivity contribution in [3.63, 3.8) is 0 Å². The molecule has 11 heteroatoms. The number of benzene rings is 3. The van der Waals surface area contributed by atoms with Crippen molar-refractivity contribution in [1.29, 1.82) is 0 Å². The molecule has 2 atom stereocenters. The van der Waals surface area contributed by atoms with Crippen LogP contribution in [0.3, 0.4) is 0 Å². The Morgan fingerprint density at radius 1 is 0.923 bits per heavy atom. The number of amides is 1. The number of carbonyl (C=O) groups excluding carboxylic acids is 1. The van der Waals surface area contributed by atoms with Crippen LogP contribution in [-0.2, 0) is 23.6 Å². The highest BCUT2D eigenvalue weighted by Gasteiger charge is 2.43. The van der Waals surface area contributed by atoms with Crippen molar-refractivity contribution in [3.05, 3.63) is 91.9 Å². The molecule has 39 heavy (non-hydrogen) atoms. The number of alkyl halides is 6. The van der Waals surface area contributed by atoms with Crippen molar-refractivity contribution in [2.24, 2.45) is 0 Å². The quantitative estimate of drug-likeness (QED) is 0.262. The van der Waals surface area contributed by atoms with Gasteiger partial charge in [-0.3, -0.25) is 4.90 Å². The Morgan fingerprint density at radius 3 is 2.10 bits per heavy atom. The van der Waals surface area contributed by atoms with Gasteiger partial charge in [-0.1, -0.05) is 53.5 Å². The Labute approximate surface area is 234 Å². The van der Waals surface area contributed by atoms with Crippen LogP contribution in [0.1, 0.15) is 60.6 Å². The van der Waals surface area contributed by atoms with Crippen molar-refractivity contribution >= 4 is 33.6 Å². The second-order valence-electron chi connectivity index (χ2n) is 9.71. The molecule has 0 aromatic heterocycles. The second kappa shape index (κ2) is 10.7. The molecule has 1 amide bonds. The van der Waals surface area contributed by atoms with Crippen LogP contribution in [0.4, 0.5) is 31.1 Å². The molecule has 1 aliphatic rings. The van der Waals surface area contributed by atoms with Gasteiger partial charge in [0, 0.05) is 15.1 Å². The average molecular weight is 635 g/mol. The summed E-state index contributed by atoms with van der Waals surface area (Å²) >= 11 is 9.95. The van der Waals surface area contributed by atoms with Gasteiger partial charge in [-0.05, 0) is 77.6 Å². The van der Waals surface area contributed by atoms with Gasteiger partial charge in [0.2, 0.25) is 0 Å². The number of carbonyl (C=O) groups is 1. The van der Waals surface area contributed by atoms with E-state index in [1.807, 2.05) is 38.1 Å². The van der Waals surface area contributed by atoms with Crippen molar-refractivity contribution in [3.8, 4) is 11.1 Å². The van der Waals surface area contributed by atoms with Gasteiger partial charge < -0.3 is 4.74 Å². The molecule has 4 rings (SSSR count). The number of hydrogen-bond acceptors (Lipinski definition) is 2. The van der Waals surface area contributed by atoms with E-state index in [9.17, 15) is 31.1 Å². The smallest absolute Gasteiger partial charge is 0.416 e. The van der Waals surface area contributed by atoms with E-state index in [2.05, 4.69) is 15.9 Å². The Balaban J connectivity index is 1.72. The van der Waals surface area contributed by atoms with E-state index < -0.39 is 41.7 Å². The molecule has 0 saturated carbocycles. The van der Waals surface area contributed by atoms with Gasteiger partial charge in [-0.25, -0.2) is 4.79 Å². The maximum absolute atomic E-state index is 13.4. The largest absolute Gasteiger partial charge is 0.439 e. The first-order chi connectivity index (χ1) is 18.1. The summed E-state index contributed by atoms with van der Waals surface area (Å²) in [5.74, 6) is 0.225. The normalized spacial score (nSPS) is 18.2. The van der Waals surface area contributed by atoms with E-state index in [0.29, 0.717) is 27.2 Å². The summed E-state index contributed by atoms with van der Waals surface area (Å²) in [5, 5.41) is 0.488. The molecule has 0 bridgehead atoms. The van der Waals surface area contributed by atoms with Crippen molar-refractivity contribution < 1.29 is 35.9 Å². The number of cyclic esters (lactones) is 1. The number of ether oxygens (including phenoxy) is 1. The number of halogens is 8. The van der Waals surface area contributed by atoms with Crippen LogP contribution in [0.5, 0.6) is 0 Å². The number of nitrogens with zero attached hydrogens (tertiary/aromatic N) is 1. The third-order valence-electron chi connectivity index (χ3n) is 6.69. The first-order valence-electron chi connectivity index (χ1n) is 11.9. The van der Waals surface area contributed by atoms with E-state index in [0.717, 1.165) is 16.7 Å². The van der Waals surface area contributed by atoms with Gasteiger partial charge in [0.25, 0.3) is 0 Å². The van der Waals surface area contributed by atoms with Gasteiger partial charge >= 0.3 is 18.4 Å². The fourth-order valence-electron chi connectivity index (χ4n) is 4.55. The topological polar surface area (TPSA) is 29.5 Å². The lowest BCUT2D eigenvalue weighted by molar-refractivity contribution is -0.143. The monoisotopic (exact) mass is 633 g/mol. The van der Waals surface area contributed by atoms with Crippen LogP contribution in [-0.4, -0.2) is 17.0 Å². The van der Waals surface area contributed by atoms with Gasteiger partial charge in [0.1, 0.15) is 6.10 Å². The van der Waals surface area contributed by atoms with Crippen LogP contribution < -0.4 is 0 Å². The van der Waals surface area contributed by atoms with Gasteiger partial charge in [-0.2, -0.15) is 26.3 Å². The zero-order valence-corrected chi connectivity index (χ0v) is 23.3. The highest BCUT2D eigenvalue weighted by Crippen LogP contribution is 2.42. The molecule has 1 saturated heterocycles. The summed E-state index contributed by atoms with van der Waals surface area (Å²) in [5.41, 5.74) is -0.157. The van der Waals surface area contributed by atoms with Gasteiger partial charge in [0.15, 0.2) is 0 Å². The maximum Gasteiger partial charge on any atom is 0.416 e. The summed E-state index contributed by atoms with van der Waals surface area (Å²) in [6.45, 7) is 5.58. The third-order valence-corrected chi connectivity index (χ3v) is 7.51. The van der Waals surface area contributed by atoms with E-state index in [4.69, 9.17) is 16.3 Å². The van der Waals surface area contributed by atoms with Crippen LogP contribution in [0, 0.1) is 0 Å². The van der Waals surface area contributed by atoms with E-state index in [-0.39, 0.29) is 24.1 Å². The zero-order valence-electron chi connectivity index (χ0n) is 20.9. The van der Waals surface area contributed by atoms with Crippen LogP contribution in [0.2, 0.25) is 5.02 Å². The Bertz CT molecular complexity index is 1370. The Morgan fingerprint density at radius 2 is 1.54 bits per heavy atom. The minimum atomic E-state index is -5.02. The molecule has 0 aliphatic carbocycles. The second-order valence-corrected chi connectivity index (χ2v) is 11.0. The molecule has 0 radical (unpaired) electrons. The predicted molar refractivity (Wildman–Crippen MR) is 139 cm³/mol. The average Bonchev–Trinajstić information content (AvgIpc) is 3.11. The highest BCUT2D eigenvalue weighted by atomic mass is 79.9. The molecule has 3 aromatic carbocycles. The zero-order chi connectivity index (χ0) is 28.9. The fraction of sp³-hybridized carbons (Fsp3) is 0.321. The lowest BCUT2D eigenvalue weighted by Gasteiger charge is -2.24. The summed E-state index contributed by atoms with van der Waals surface area (Å²) < 4.78 is 86.5. The van der Waals surface area contributed by atoms with Crippen LogP contribution in [0.15, 0.2) is 59.1 Å². The van der Waals surface area contributed by atoms with Crippen molar-refractivity contribution in [1.82, 2.24) is 4.90 Å². The molecule has 0 spiro atoms. The predicted octanol–water partition coefficient (Wildman–Crippen LogP) is 10.0. The molecule has 1 aliphatic heterocycles. The van der Waals surface area contributed by atoms with Crippen LogP contribution in [0.25, 0.3) is 11.1 Å². The maximum atomic E-state index is 13.4. The minimum Gasteiger partial charge on any atom is -0.439 e. The lowest BCUT2D eigenvalue weighted by Crippen LogP contribution is -2.31. The molecule has 3 nitrogen and oxygen atoms in total. The molecule has 0 N–H and O–H groups in total. The molecule has 0 unspecified atom stereocenters. The third kappa shape index (κ3) is 6.22. The Hall–Kier alpha value is -2.72. The fourth-order valence-corrected chi connectivity index (χ4v) is 5.18. The first kappa shape index (κ1) is 29.3. The summed E-state index contributed by atoms with van der Waals surface area (Å²) in [7, 11) is 0. The molecule has 208 valence electrons. The molecule has 1 heterocycles. The molecular weight excluding hydrogens is 612 g/mol. The SMILES string of the molecule is CC(C)c1ccc(Cl)c(-c2ccc(Br)cc2CN2C(=O)O[C@H](c3cc(C(F)(F)F)cc(C(F)(F)F)c3)[C@H]2C)c1. The lowest BCUT2D eigenvalue weighted by atomic mass is 9.94. The van der Waals surface area contributed by atoms with Crippen molar-refractivity contribution in [2.75, 3.05) is 0 Å². The van der Waals surface area contributed by atoms with E-state index in [1.54, 1.807) is 12.1 Å². The summed E-state index contributed by atoms with van der Waals surface area (Å²) in [6, 6.07) is 11.4. The first-order valence-corrected chi connectivity index (χ1v) is 13.1.